The number of ketones is 1. The summed E-state index contributed by atoms with van der Waals surface area (Å²) in [5.41, 5.74) is -0.0344. The molecular weight excluding hydrogens is 522 g/mol. The molecule has 1 atom stereocenters. The fourth-order valence-corrected chi connectivity index (χ4v) is 3.81. The Bertz CT molecular complexity index is 1070. The van der Waals surface area contributed by atoms with Crippen LogP contribution >= 0.6 is 0 Å². The van der Waals surface area contributed by atoms with Gasteiger partial charge in [-0.25, -0.2) is 9.59 Å². The quantitative estimate of drug-likeness (QED) is 0.136. The third-order valence-electron chi connectivity index (χ3n) is 6.12. The van der Waals surface area contributed by atoms with Gasteiger partial charge in [0, 0.05) is 36.6 Å². The van der Waals surface area contributed by atoms with E-state index in [1.54, 1.807) is 39.5 Å². The summed E-state index contributed by atoms with van der Waals surface area (Å²) >= 11 is 0. The van der Waals surface area contributed by atoms with E-state index in [-0.39, 0.29) is 36.7 Å². The van der Waals surface area contributed by atoms with Crippen molar-refractivity contribution < 1.29 is 42.9 Å². The molecule has 1 fully saturated rings. The zero-order chi connectivity index (χ0) is 29.9. The summed E-state index contributed by atoms with van der Waals surface area (Å²) in [5, 5.41) is 10.3. The van der Waals surface area contributed by atoms with Gasteiger partial charge in [-0.15, -0.1) is 0 Å². The van der Waals surface area contributed by atoms with Crippen LogP contribution < -0.4 is 5.32 Å². The minimum atomic E-state index is -0.964. The van der Waals surface area contributed by atoms with E-state index in [0.29, 0.717) is 43.7 Å². The largest absolute Gasteiger partial charge is 0.464 e. The number of piperidine rings is 1. The lowest BCUT2D eigenvalue weighted by Crippen LogP contribution is -2.43. The Morgan fingerprint density at radius 2 is 1.60 bits per heavy atom. The van der Waals surface area contributed by atoms with Crippen molar-refractivity contribution in [1.29, 1.82) is 5.41 Å². The Kier molecular flexibility index (Phi) is 12.2. The van der Waals surface area contributed by atoms with Gasteiger partial charge in [0.2, 0.25) is 12.7 Å². The molecule has 0 saturated carbocycles. The Hall–Kier alpha value is -3.80. The minimum absolute atomic E-state index is 0.0206. The van der Waals surface area contributed by atoms with Gasteiger partial charge in [-0.1, -0.05) is 31.2 Å². The zero-order valence-electron chi connectivity index (χ0n) is 23.7. The number of likely N-dealkylation sites (tertiary alicyclic amines) is 1. The van der Waals surface area contributed by atoms with Crippen LogP contribution in [-0.2, 0) is 33.3 Å². The molecule has 2 amide bonds. The van der Waals surface area contributed by atoms with Crippen molar-refractivity contribution in [3.8, 4) is 0 Å². The Labute approximate surface area is 234 Å². The van der Waals surface area contributed by atoms with E-state index in [1.807, 2.05) is 0 Å². The summed E-state index contributed by atoms with van der Waals surface area (Å²) in [6, 6.07) is 6.05. The second-order valence-corrected chi connectivity index (χ2v) is 10.5. The molecule has 40 heavy (non-hydrogen) atoms. The standard InChI is InChI=1S/C28H39N3O9/c1-6-37-23(33)16-38-21-11-13-31(14-12-21)25(34)18(2)15-22(32)19-7-9-20(10-8-19)24(29)30-27(36)40-17-39-26(35)28(3,4)5/h7-10,18,21H,6,11-17H2,1-5H3,(H2,29,30,36)/t18-/m1/s1. The van der Waals surface area contributed by atoms with Gasteiger partial charge < -0.3 is 23.8 Å². The number of carbonyl (C=O) groups excluding carboxylic acids is 5. The molecule has 2 rings (SSSR count). The van der Waals surface area contributed by atoms with Crippen LogP contribution in [-0.4, -0.2) is 79.7 Å². The molecule has 0 aromatic heterocycles. The van der Waals surface area contributed by atoms with Gasteiger partial charge in [-0.05, 0) is 40.5 Å². The van der Waals surface area contributed by atoms with E-state index in [2.05, 4.69) is 5.32 Å². The average Bonchev–Trinajstić information content (AvgIpc) is 2.91. The van der Waals surface area contributed by atoms with Crippen LogP contribution in [0.15, 0.2) is 24.3 Å². The molecule has 0 bridgehead atoms. The van der Waals surface area contributed by atoms with Crippen LogP contribution in [0, 0.1) is 16.7 Å². The first-order chi connectivity index (χ1) is 18.8. The zero-order valence-corrected chi connectivity index (χ0v) is 23.7. The first kappa shape index (κ1) is 32.4. The second-order valence-electron chi connectivity index (χ2n) is 10.5. The van der Waals surface area contributed by atoms with E-state index in [9.17, 15) is 24.0 Å². The molecular formula is C28H39N3O9. The van der Waals surface area contributed by atoms with Crippen LogP contribution in [0.3, 0.4) is 0 Å². The molecule has 1 aromatic rings. The van der Waals surface area contributed by atoms with Crippen LogP contribution in [0.1, 0.15) is 69.8 Å². The summed E-state index contributed by atoms with van der Waals surface area (Å²) < 4.78 is 20.0. The van der Waals surface area contributed by atoms with Crippen LogP contribution in [0.5, 0.6) is 0 Å². The smallest absolute Gasteiger partial charge is 0.415 e. The normalized spacial score (nSPS) is 14.6. The predicted octanol–water partition coefficient (Wildman–Crippen LogP) is 3.06. The van der Waals surface area contributed by atoms with E-state index >= 15 is 0 Å². The van der Waals surface area contributed by atoms with Crippen molar-refractivity contribution in [2.75, 3.05) is 33.1 Å². The lowest BCUT2D eigenvalue weighted by atomic mass is 9.96. The molecule has 1 aliphatic rings. The van der Waals surface area contributed by atoms with Crippen molar-refractivity contribution >= 4 is 35.6 Å². The predicted molar refractivity (Wildman–Crippen MR) is 144 cm³/mol. The third-order valence-corrected chi connectivity index (χ3v) is 6.12. The molecule has 12 nitrogen and oxygen atoms in total. The fourth-order valence-electron chi connectivity index (χ4n) is 3.81. The number of nitrogens with one attached hydrogen (secondary N) is 2. The number of carbonyl (C=O) groups is 5. The van der Waals surface area contributed by atoms with E-state index in [1.165, 1.54) is 24.3 Å². The average molecular weight is 562 g/mol. The highest BCUT2D eigenvalue weighted by Gasteiger charge is 2.28. The first-order valence-corrected chi connectivity index (χ1v) is 13.2. The van der Waals surface area contributed by atoms with Gasteiger partial charge in [-0.2, -0.15) is 0 Å². The van der Waals surface area contributed by atoms with Crippen molar-refractivity contribution in [3.63, 3.8) is 0 Å². The highest BCUT2D eigenvalue weighted by atomic mass is 16.7. The van der Waals surface area contributed by atoms with Gasteiger partial charge >= 0.3 is 18.0 Å². The SMILES string of the molecule is CCOC(=O)COC1CCN(C(=O)[C@H](C)CC(=O)c2ccc(C(=N)NC(=O)OCOC(=O)C(C)(C)C)cc2)CC1. The molecule has 1 saturated heterocycles. The second kappa shape index (κ2) is 15.1. The van der Waals surface area contributed by atoms with Gasteiger partial charge in [0.25, 0.3) is 0 Å². The Balaban J connectivity index is 1.77. The lowest BCUT2D eigenvalue weighted by Gasteiger charge is -2.33. The summed E-state index contributed by atoms with van der Waals surface area (Å²) in [4.78, 5) is 62.4. The van der Waals surface area contributed by atoms with Crippen LogP contribution in [0.25, 0.3) is 0 Å². The maximum atomic E-state index is 12.9. The number of amidine groups is 1. The number of hydrogen-bond donors (Lipinski definition) is 2. The number of esters is 2. The lowest BCUT2D eigenvalue weighted by molar-refractivity contribution is -0.161. The highest BCUT2D eigenvalue weighted by molar-refractivity contribution is 6.05. The number of ether oxygens (including phenoxy) is 4. The number of benzene rings is 1. The molecule has 0 spiro atoms. The molecule has 2 N–H and O–H groups in total. The maximum Gasteiger partial charge on any atom is 0.415 e. The van der Waals surface area contributed by atoms with E-state index < -0.39 is 36.2 Å². The van der Waals surface area contributed by atoms with Gasteiger partial charge in [-0.3, -0.25) is 25.1 Å². The van der Waals surface area contributed by atoms with Gasteiger partial charge in [0.05, 0.1) is 18.1 Å². The van der Waals surface area contributed by atoms with E-state index in [0.717, 1.165) is 0 Å². The van der Waals surface area contributed by atoms with Crippen molar-refractivity contribution in [2.45, 2.75) is 60.0 Å². The number of Topliss-reactive ketones (excluding diaryl/α,β-unsaturated/α-hetero) is 1. The number of amides is 2. The molecule has 0 unspecified atom stereocenters. The number of rotatable bonds is 11. The maximum absolute atomic E-state index is 12.9. The van der Waals surface area contributed by atoms with Crippen molar-refractivity contribution in [1.82, 2.24) is 10.2 Å². The third kappa shape index (κ3) is 10.4. The van der Waals surface area contributed by atoms with Gasteiger partial charge in [0.15, 0.2) is 5.78 Å². The number of hydrogen-bond acceptors (Lipinski definition) is 10. The van der Waals surface area contributed by atoms with Crippen LogP contribution in [0.2, 0.25) is 0 Å². The Morgan fingerprint density at radius 3 is 2.17 bits per heavy atom. The molecule has 220 valence electrons. The van der Waals surface area contributed by atoms with Gasteiger partial charge in [0.1, 0.15) is 12.4 Å². The summed E-state index contributed by atoms with van der Waals surface area (Å²) in [5.74, 6) is -2.07. The number of nitrogens with zero attached hydrogens (tertiary/aromatic N) is 1. The van der Waals surface area contributed by atoms with Crippen molar-refractivity contribution in [3.05, 3.63) is 35.4 Å². The minimum Gasteiger partial charge on any atom is -0.464 e. The molecule has 12 heteroatoms. The fraction of sp³-hybridized carbons (Fsp3) is 0.571. The first-order valence-electron chi connectivity index (χ1n) is 13.2. The summed E-state index contributed by atoms with van der Waals surface area (Å²) in [6.07, 6.45) is 0.136. The summed E-state index contributed by atoms with van der Waals surface area (Å²) in [6.45, 7) is 9.00. The molecule has 0 aliphatic carbocycles. The molecule has 0 radical (unpaired) electrons. The molecule has 1 heterocycles. The summed E-state index contributed by atoms with van der Waals surface area (Å²) in [7, 11) is 0. The Morgan fingerprint density at radius 1 is 1.00 bits per heavy atom. The topological polar surface area (TPSA) is 161 Å². The number of alkyl carbamates (subject to hydrolysis) is 1. The molecule has 1 aliphatic heterocycles. The van der Waals surface area contributed by atoms with Crippen molar-refractivity contribution in [2.24, 2.45) is 11.3 Å². The van der Waals surface area contributed by atoms with E-state index in [4.69, 9.17) is 24.4 Å². The van der Waals surface area contributed by atoms with Crippen LogP contribution in [0.4, 0.5) is 4.79 Å². The molecule has 1 aromatic carbocycles. The highest BCUT2D eigenvalue weighted by Crippen LogP contribution is 2.19. The monoisotopic (exact) mass is 561 g/mol.